The number of carbonyl (C=O) groups excluding carboxylic acids is 3. The summed E-state index contributed by atoms with van der Waals surface area (Å²) in [4.78, 5) is 52.6. The number of anilines is 3. The number of fused-ring (bicyclic) bond motifs is 1. The van der Waals surface area contributed by atoms with Gasteiger partial charge in [0.1, 0.15) is 39.1 Å². The van der Waals surface area contributed by atoms with Gasteiger partial charge >= 0.3 is 6.03 Å². The van der Waals surface area contributed by atoms with E-state index in [1.54, 1.807) is 22.7 Å². The van der Waals surface area contributed by atoms with Crippen molar-refractivity contribution in [2.45, 2.75) is 18.2 Å². The van der Waals surface area contributed by atoms with E-state index in [0.29, 0.717) is 67.3 Å². The number of likely N-dealkylation sites (N-methyl/N-ethyl adjacent to an activating group) is 1. The van der Waals surface area contributed by atoms with Crippen LogP contribution in [0.4, 0.5) is 22.1 Å². The molecular formula is C25H32B2N8O3S. The summed E-state index contributed by atoms with van der Waals surface area (Å²) in [6, 6.07) is 5.26. The summed E-state index contributed by atoms with van der Waals surface area (Å²) in [6.45, 7) is 2.72. The standard InChI is InChI=1S/C25H32B2N8O3S/c1-33-7-8-35(22(37)14-33)25(26,27)18-10-16-4-3-6-34(23(16)31-20(18)15-36)24(38)32-21-11-19(29-5-9-39-2)17(12-28)13-30-21/h10-11,13,15H,3-9,14,26-27H2,1-2H3,(H2,29,30,32,38). The molecule has 202 valence electrons. The Bertz CT molecular complexity index is 1320. The molecule has 3 amide bonds. The molecule has 2 aromatic heterocycles. The number of urea groups is 1. The molecule has 0 bridgehead atoms. The van der Waals surface area contributed by atoms with E-state index in [4.69, 9.17) is 0 Å². The van der Waals surface area contributed by atoms with Crippen LogP contribution < -0.4 is 15.5 Å². The summed E-state index contributed by atoms with van der Waals surface area (Å²) in [7, 11) is 5.78. The largest absolute Gasteiger partial charge is 0.383 e. The van der Waals surface area contributed by atoms with Gasteiger partial charge in [0.25, 0.3) is 0 Å². The van der Waals surface area contributed by atoms with Crippen molar-refractivity contribution >= 4 is 63.0 Å². The molecule has 14 heteroatoms. The number of hydrogen-bond acceptors (Lipinski definition) is 9. The van der Waals surface area contributed by atoms with Crippen LogP contribution in [-0.4, -0.2) is 105 Å². The van der Waals surface area contributed by atoms with Crippen molar-refractivity contribution in [2.24, 2.45) is 0 Å². The van der Waals surface area contributed by atoms with Gasteiger partial charge in [0.15, 0.2) is 6.29 Å². The van der Waals surface area contributed by atoms with Crippen molar-refractivity contribution in [3.63, 3.8) is 0 Å². The third-order valence-corrected chi connectivity index (χ3v) is 7.79. The van der Waals surface area contributed by atoms with E-state index >= 15 is 0 Å². The molecule has 0 spiro atoms. The van der Waals surface area contributed by atoms with Crippen molar-refractivity contribution in [3.05, 3.63) is 40.7 Å². The predicted octanol–water partition coefficient (Wildman–Crippen LogP) is 0.0709. The van der Waals surface area contributed by atoms with Crippen molar-refractivity contribution in [1.82, 2.24) is 19.8 Å². The smallest absolute Gasteiger partial charge is 0.328 e. The molecule has 2 aliphatic heterocycles. The lowest BCUT2D eigenvalue weighted by atomic mass is 9.56. The van der Waals surface area contributed by atoms with Crippen LogP contribution in [0.3, 0.4) is 0 Å². The summed E-state index contributed by atoms with van der Waals surface area (Å²) in [6.07, 6.45) is 5.54. The number of aromatic nitrogens is 2. The van der Waals surface area contributed by atoms with E-state index in [-0.39, 0.29) is 11.6 Å². The van der Waals surface area contributed by atoms with Crippen LogP contribution >= 0.6 is 11.8 Å². The summed E-state index contributed by atoms with van der Waals surface area (Å²) < 4.78 is 0. The molecule has 0 saturated carbocycles. The molecule has 0 unspecified atom stereocenters. The third-order valence-electron chi connectivity index (χ3n) is 7.17. The second-order valence-electron chi connectivity index (χ2n) is 10.2. The summed E-state index contributed by atoms with van der Waals surface area (Å²) in [5.41, 5.74) is 2.72. The van der Waals surface area contributed by atoms with Gasteiger partial charge in [-0.3, -0.25) is 24.7 Å². The summed E-state index contributed by atoms with van der Waals surface area (Å²) >= 11 is 1.68. The lowest BCUT2D eigenvalue weighted by Crippen LogP contribution is -2.59. The zero-order chi connectivity index (χ0) is 28.2. The van der Waals surface area contributed by atoms with Crippen LogP contribution in [0.2, 0.25) is 0 Å². The monoisotopic (exact) mass is 546 g/mol. The molecule has 0 aliphatic carbocycles. The maximum Gasteiger partial charge on any atom is 0.328 e. The van der Waals surface area contributed by atoms with Gasteiger partial charge in [-0.25, -0.2) is 14.8 Å². The molecule has 0 radical (unpaired) electrons. The van der Waals surface area contributed by atoms with Crippen molar-refractivity contribution < 1.29 is 14.4 Å². The number of rotatable bonds is 8. The predicted molar refractivity (Wildman–Crippen MR) is 158 cm³/mol. The van der Waals surface area contributed by atoms with Crippen LogP contribution in [0.25, 0.3) is 0 Å². The maximum absolute atomic E-state index is 13.4. The highest BCUT2D eigenvalue weighted by Crippen LogP contribution is 2.33. The lowest BCUT2D eigenvalue weighted by Gasteiger charge is -2.44. The number of nitrogens with zero attached hydrogens (tertiary/aromatic N) is 6. The number of nitrogens with one attached hydrogen (secondary N) is 2. The number of thioether (sulfide) groups is 1. The fourth-order valence-corrected chi connectivity index (χ4v) is 5.35. The Balaban J connectivity index is 1.60. The fourth-order valence-electron chi connectivity index (χ4n) is 5.04. The Morgan fingerprint density at radius 2 is 2.10 bits per heavy atom. The molecule has 2 aromatic rings. The molecule has 2 aliphatic rings. The number of carbonyl (C=O) groups is 3. The molecule has 39 heavy (non-hydrogen) atoms. The first kappa shape index (κ1) is 28.4. The van der Waals surface area contributed by atoms with E-state index in [0.717, 1.165) is 24.3 Å². The highest BCUT2D eigenvalue weighted by atomic mass is 32.2. The second-order valence-corrected chi connectivity index (χ2v) is 11.2. The van der Waals surface area contributed by atoms with Crippen LogP contribution in [0.5, 0.6) is 0 Å². The Morgan fingerprint density at radius 1 is 1.31 bits per heavy atom. The third kappa shape index (κ3) is 6.04. The number of aryl methyl sites for hydroxylation is 1. The fraction of sp³-hybridized carbons (Fsp3) is 0.440. The number of piperazine rings is 1. The Hall–Kier alpha value is -3.56. The molecular weight excluding hydrogens is 514 g/mol. The first-order valence-corrected chi connectivity index (χ1v) is 14.3. The minimum absolute atomic E-state index is 0.00143. The maximum atomic E-state index is 13.4. The molecule has 11 nitrogen and oxygen atoms in total. The minimum atomic E-state index is -0.743. The van der Waals surface area contributed by atoms with E-state index in [1.165, 1.54) is 11.1 Å². The average molecular weight is 546 g/mol. The number of amides is 3. The van der Waals surface area contributed by atoms with Gasteiger partial charge in [0.2, 0.25) is 5.91 Å². The van der Waals surface area contributed by atoms with Crippen molar-refractivity contribution in [3.8, 4) is 6.07 Å². The number of hydrogen-bond donors (Lipinski definition) is 2. The lowest BCUT2D eigenvalue weighted by molar-refractivity contribution is -0.137. The first-order chi connectivity index (χ1) is 18.7. The zero-order valence-corrected chi connectivity index (χ0v) is 23.6. The molecule has 4 rings (SSSR count). The van der Waals surface area contributed by atoms with Gasteiger partial charge in [-0.2, -0.15) is 17.0 Å². The van der Waals surface area contributed by atoms with Gasteiger partial charge in [-0.15, -0.1) is 0 Å². The highest BCUT2D eigenvalue weighted by Gasteiger charge is 2.38. The highest BCUT2D eigenvalue weighted by molar-refractivity contribution is 7.98. The normalized spacial score (nSPS) is 15.9. The molecule has 4 heterocycles. The first-order valence-electron chi connectivity index (χ1n) is 12.9. The SMILES string of the molecule is BC(B)(c1cc2c(nc1C=O)N(C(=O)Nc1cc(NCCSC)c(C#N)cn1)CCC2)N1CCN(C)CC1=O. The molecule has 1 fully saturated rings. The van der Waals surface area contributed by atoms with E-state index < -0.39 is 11.4 Å². The van der Waals surface area contributed by atoms with Crippen molar-refractivity contribution in [2.75, 3.05) is 67.3 Å². The van der Waals surface area contributed by atoms with Gasteiger partial charge in [0.05, 0.1) is 17.8 Å². The topological polar surface area (TPSA) is 135 Å². The van der Waals surface area contributed by atoms with E-state index in [9.17, 15) is 19.6 Å². The zero-order valence-electron chi connectivity index (χ0n) is 22.8. The molecule has 1 saturated heterocycles. The Labute approximate surface area is 234 Å². The second kappa shape index (κ2) is 12.1. The van der Waals surface area contributed by atoms with E-state index in [1.807, 2.05) is 40.0 Å². The van der Waals surface area contributed by atoms with Crippen LogP contribution in [-0.2, 0) is 16.6 Å². The van der Waals surface area contributed by atoms with E-state index in [2.05, 4.69) is 26.7 Å². The van der Waals surface area contributed by atoms with Crippen molar-refractivity contribution in [1.29, 1.82) is 5.26 Å². The van der Waals surface area contributed by atoms with Gasteiger partial charge in [-0.05, 0) is 43.3 Å². The van der Waals surface area contributed by atoms with Gasteiger partial charge in [0, 0.05) is 49.5 Å². The number of aldehydes is 1. The van der Waals surface area contributed by atoms with Crippen LogP contribution in [0, 0.1) is 11.3 Å². The molecule has 2 N–H and O–H groups in total. The number of nitriles is 1. The quantitative estimate of drug-likeness (QED) is 0.268. The molecule has 0 atom stereocenters. The number of pyridine rings is 2. The summed E-state index contributed by atoms with van der Waals surface area (Å²) in [5.74, 6) is 1.60. The average Bonchev–Trinajstić information content (AvgIpc) is 2.92. The Morgan fingerprint density at radius 3 is 2.79 bits per heavy atom. The minimum Gasteiger partial charge on any atom is -0.383 e. The van der Waals surface area contributed by atoms with Gasteiger partial charge < -0.3 is 10.2 Å². The summed E-state index contributed by atoms with van der Waals surface area (Å²) in [5, 5.41) is 14.7. The van der Waals surface area contributed by atoms with Crippen LogP contribution in [0.15, 0.2) is 18.3 Å². The van der Waals surface area contributed by atoms with Crippen LogP contribution in [0.1, 0.15) is 33.6 Å². The Kier molecular flexibility index (Phi) is 8.82. The molecule has 0 aromatic carbocycles. The van der Waals surface area contributed by atoms with Gasteiger partial charge in [-0.1, -0.05) is 0 Å².